The summed E-state index contributed by atoms with van der Waals surface area (Å²) in [7, 11) is 0. The monoisotopic (exact) mass is 282 g/mol. The third kappa shape index (κ3) is 3.66. The molecule has 0 bridgehead atoms. The molecular formula is C20H26O. The first-order valence-electron chi connectivity index (χ1n) is 7.77. The first-order chi connectivity index (χ1) is 9.88. The molecule has 0 N–H and O–H groups in total. The Hall–Kier alpha value is -1.76. The molecule has 2 aromatic carbocycles. The molecule has 0 aromatic heterocycles. The van der Waals surface area contributed by atoms with E-state index < -0.39 is 0 Å². The second kappa shape index (κ2) is 6.34. The topological polar surface area (TPSA) is 9.23 Å². The van der Waals surface area contributed by atoms with Gasteiger partial charge in [-0.1, -0.05) is 39.8 Å². The van der Waals surface area contributed by atoms with E-state index in [1.807, 2.05) is 6.07 Å². The summed E-state index contributed by atoms with van der Waals surface area (Å²) in [5, 5.41) is 0. The van der Waals surface area contributed by atoms with Gasteiger partial charge in [-0.3, -0.25) is 0 Å². The lowest BCUT2D eigenvalue weighted by molar-refractivity contribution is 0.480. The van der Waals surface area contributed by atoms with Crippen LogP contribution in [0.15, 0.2) is 36.4 Å². The maximum absolute atomic E-state index is 6.04. The smallest absolute Gasteiger partial charge is 0.127 e. The number of ether oxygens (including phenoxy) is 1. The maximum Gasteiger partial charge on any atom is 0.127 e. The van der Waals surface area contributed by atoms with E-state index in [2.05, 4.69) is 71.9 Å². The molecule has 0 saturated heterocycles. The average Bonchev–Trinajstić information content (AvgIpc) is 2.42. The fourth-order valence-corrected chi connectivity index (χ4v) is 2.56. The molecule has 0 amide bonds. The Bertz CT molecular complexity index is 624. The Labute approximate surface area is 129 Å². The fourth-order valence-electron chi connectivity index (χ4n) is 2.56. The zero-order valence-corrected chi connectivity index (χ0v) is 14.0. The maximum atomic E-state index is 6.04. The summed E-state index contributed by atoms with van der Waals surface area (Å²) >= 11 is 0. The van der Waals surface area contributed by atoms with E-state index in [0.29, 0.717) is 11.8 Å². The second-order valence-electron chi connectivity index (χ2n) is 6.45. The highest BCUT2D eigenvalue weighted by Crippen LogP contribution is 2.32. The first-order valence-corrected chi connectivity index (χ1v) is 7.77. The highest BCUT2D eigenvalue weighted by molar-refractivity contribution is 5.42. The molecule has 0 atom stereocenters. The van der Waals surface area contributed by atoms with E-state index in [4.69, 9.17) is 4.74 Å². The molecule has 0 heterocycles. The number of hydrogen-bond donors (Lipinski definition) is 0. The van der Waals surface area contributed by atoms with Crippen LogP contribution in [0.25, 0.3) is 0 Å². The van der Waals surface area contributed by atoms with Crippen LogP contribution in [0.3, 0.4) is 0 Å². The zero-order valence-electron chi connectivity index (χ0n) is 14.0. The van der Waals surface area contributed by atoms with Gasteiger partial charge >= 0.3 is 0 Å². The second-order valence-corrected chi connectivity index (χ2v) is 6.45. The van der Waals surface area contributed by atoms with Gasteiger partial charge in [0.15, 0.2) is 0 Å². The Morgan fingerprint density at radius 1 is 0.667 bits per heavy atom. The quantitative estimate of drug-likeness (QED) is 0.635. The van der Waals surface area contributed by atoms with Crippen molar-refractivity contribution in [2.75, 3.05) is 0 Å². The molecule has 2 rings (SSSR count). The minimum atomic E-state index is 0.505. The number of aryl methyl sites for hydroxylation is 2. The van der Waals surface area contributed by atoms with Gasteiger partial charge in [0.2, 0.25) is 0 Å². The first kappa shape index (κ1) is 15.6. The number of rotatable bonds is 4. The van der Waals surface area contributed by atoms with Gasteiger partial charge in [-0.05, 0) is 72.2 Å². The predicted molar refractivity (Wildman–Crippen MR) is 90.6 cm³/mol. The minimum absolute atomic E-state index is 0.505. The van der Waals surface area contributed by atoms with Gasteiger partial charge in [-0.25, -0.2) is 0 Å². The lowest BCUT2D eigenvalue weighted by Gasteiger charge is -2.17. The summed E-state index contributed by atoms with van der Waals surface area (Å²) in [4.78, 5) is 0. The molecule has 0 aliphatic rings. The van der Waals surface area contributed by atoms with E-state index in [-0.39, 0.29) is 0 Å². The van der Waals surface area contributed by atoms with Crippen molar-refractivity contribution in [1.29, 1.82) is 0 Å². The lowest BCUT2D eigenvalue weighted by Crippen LogP contribution is -1.99. The molecule has 0 aliphatic carbocycles. The summed E-state index contributed by atoms with van der Waals surface area (Å²) in [6, 6.07) is 12.7. The van der Waals surface area contributed by atoms with Gasteiger partial charge in [0.1, 0.15) is 11.5 Å². The molecule has 0 spiro atoms. The molecule has 1 heteroatoms. The largest absolute Gasteiger partial charge is 0.457 e. The minimum Gasteiger partial charge on any atom is -0.457 e. The van der Waals surface area contributed by atoms with Crippen molar-refractivity contribution in [2.24, 2.45) is 0 Å². The van der Waals surface area contributed by atoms with Crippen molar-refractivity contribution >= 4 is 0 Å². The molecule has 2 aromatic rings. The third-order valence-corrected chi connectivity index (χ3v) is 4.02. The highest BCUT2D eigenvalue weighted by atomic mass is 16.5. The van der Waals surface area contributed by atoms with Crippen molar-refractivity contribution in [3.8, 4) is 11.5 Å². The predicted octanol–water partition coefficient (Wildman–Crippen LogP) is 6.34. The van der Waals surface area contributed by atoms with Crippen LogP contribution in [0.4, 0.5) is 0 Å². The molecule has 1 nitrogen and oxygen atoms in total. The average molecular weight is 282 g/mol. The fraction of sp³-hybridized carbons (Fsp3) is 0.400. The van der Waals surface area contributed by atoms with E-state index >= 15 is 0 Å². The standard InChI is InChI=1S/C20H26O/c1-13(2)19-10-9-18(12-20(19)14(3)4)21-17-8-7-15(5)16(6)11-17/h7-14H,1-6H3. The van der Waals surface area contributed by atoms with Crippen LogP contribution in [0.1, 0.15) is 61.8 Å². The molecule has 0 unspecified atom stereocenters. The van der Waals surface area contributed by atoms with Crippen molar-refractivity contribution in [3.63, 3.8) is 0 Å². The van der Waals surface area contributed by atoms with Gasteiger partial charge in [-0.2, -0.15) is 0 Å². The van der Waals surface area contributed by atoms with Gasteiger partial charge in [-0.15, -0.1) is 0 Å². The van der Waals surface area contributed by atoms with Crippen molar-refractivity contribution in [3.05, 3.63) is 58.7 Å². The highest BCUT2D eigenvalue weighted by Gasteiger charge is 2.11. The summed E-state index contributed by atoms with van der Waals surface area (Å²) in [6.45, 7) is 13.2. The zero-order chi connectivity index (χ0) is 15.6. The Balaban J connectivity index is 2.32. The van der Waals surface area contributed by atoms with E-state index in [0.717, 1.165) is 11.5 Å². The van der Waals surface area contributed by atoms with Crippen LogP contribution in [0, 0.1) is 13.8 Å². The van der Waals surface area contributed by atoms with E-state index in [9.17, 15) is 0 Å². The molecular weight excluding hydrogens is 256 g/mol. The van der Waals surface area contributed by atoms with Crippen molar-refractivity contribution < 1.29 is 4.74 Å². The van der Waals surface area contributed by atoms with Crippen LogP contribution in [-0.2, 0) is 0 Å². The van der Waals surface area contributed by atoms with Crippen molar-refractivity contribution in [2.45, 2.75) is 53.4 Å². The van der Waals surface area contributed by atoms with Crippen LogP contribution >= 0.6 is 0 Å². The van der Waals surface area contributed by atoms with Gasteiger partial charge in [0.05, 0.1) is 0 Å². The number of benzene rings is 2. The van der Waals surface area contributed by atoms with Crippen LogP contribution in [0.5, 0.6) is 11.5 Å². The molecule has 21 heavy (non-hydrogen) atoms. The normalized spacial score (nSPS) is 11.2. The van der Waals surface area contributed by atoms with E-state index in [1.54, 1.807) is 0 Å². The summed E-state index contributed by atoms with van der Waals surface area (Å²) in [5.74, 6) is 2.88. The summed E-state index contributed by atoms with van der Waals surface area (Å²) < 4.78 is 6.04. The molecule has 0 saturated carbocycles. The molecule has 0 radical (unpaired) electrons. The molecule has 0 aliphatic heterocycles. The Kier molecular flexibility index (Phi) is 4.72. The summed E-state index contributed by atoms with van der Waals surface area (Å²) in [5.41, 5.74) is 5.35. The van der Waals surface area contributed by atoms with Gasteiger partial charge < -0.3 is 4.74 Å². The van der Waals surface area contributed by atoms with Gasteiger partial charge in [0.25, 0.3) is 0 Å². The SMILES string of the molecule is Cc1ccc(Oc2ccc(C(C)C)c(C(C)C)c2)cc1C. The Morgan fingerprint density at radius 2 is 1.24 bits per heavy atom. The van der Waals surface area contributed by atoms with Crippen LogP contribution < -0.4 is 4.74 Å². The summed E-state index contributed by atoms with van der Waals surface area (Å²) in [6.07, 6.45) is 0. The van der Waals surface area contributed by atoms with Gasteiger partial charge in [0, 0.05) is 0 Å². The molecule has 0 fully saturated rings. The Morgan fingerprint density at radius 3 is 1.81 bits per heavy atom. The lowest BCUT2D eigenvalue weighted by atomic mass is 9.90. The molecule has 112 valence electrons. The van der Waals surface area contributed by atoms with Crippen molar-refractivity contribution in [1.82, 2.24) is 0 Å². The van der Waals surface area contributed by atoms with Crippen LogP contribution in [0.2, 0.25) is 0 Å². The van der Waals surface area contributed by atoms with E-state index in [1.165, 1.54) is 22.3 Å². The van der Waals surface area contributed by atoms with Crippen LogP contribution in [-0.4, -0.2) is 0 Å². The third-order valence-electron chi connectivity index (χ3n) is 4.02. The number of hydrogen-bond acceptors (Lipinski definition) is 1.